The molecule has 0 bridgehead atoms. The van der Waals surface area contributed by atoms with E-state index in [9.17, 15) is 5.11 Å². The molecule has 0 amide bonds. The quantitative estimate of drug-likeness (QED) is 0.873. The van der Waals surface area contributed by atoms with Crippen molar-refractivity contribution in [3.63, 3.8) is 0 Å². The summed E-state index contributed by atoms with van der Waals surface area (Å²) in [7, 11) is 0. The molecule has 3 rings (SSSR count). The van der Waals surface area contributed by atoms with Crippen LogP contribution in [0.2, 0.25) is 0 Å². The lowest BCUT2D eigenvalue weighted by molar-refractivity contribution is -0.0261. The number of hydrogen-bond acceptors (Lipinski definition) is 3. The maximum atomic E-state index is 10.9. The Bertz CT molecular complexity index is 557. The third kappa shape index (κ3) is 2.21. The molecule has 0 radical (unpaired) electrons. The highest BCUT2D eigenvalue weighted by molar-refractivity contribution is 5.61. The van der Waals surface area contributed by atoms with Crippen LogP contribution in [-0.4, -0.2) is 10.7 Å². The molecule has 1 heterocycles. The summed E-state index contributed by atoms with van der Waals surface area (Å²) in [5.41, 5.74) is 10.4. The minimum Gasteiger partial charge on any atom is -0.507 e. The fraction of sp³-hybridized carbons (Fsp3) is 0.684. The van der Waals surface area contributed by atoms with Gasteiger partial charge in [-0.1, -0.05) is 27.7 Å². The molecule has 22 heavy (non-hydrogen) atoms. The van der Waals surface area contributed by atoms with Gasteiger partial charge in [0.1, 0.15) is 17.1 Å². The second-order valence-corrected chi connectivity index (χ2v) is 7.61. The predicted octanol–water partition coefficient (Wildman–Crippen LogP) is 4.35. The molecule has 1 aliphatic heterocycles. The number of hydrogen-bond donors (Lipinski definition) is 2. The van der Waals surface area contributed by atoms with E-state index < -0.39 is 0 Å². The van der Waals surface area contributed by atoms with Crippen molar-refractivity contribution in [2.75, 3.05) is 0 Å². The number of aromatic hydroxyl groups is 1. The highest BCUT2D eigenvalue weighted by Gasteiger charge is 2.44. The fourth-order valence-electron chi connectivity index (χ4n) is 4.22. The molecule has 1 aromatic carbocycles. The predicted molar refractivity (Wildman–Crippen MR) is 89.7 cm³/mol. The zero-order valence-corrected chi connectivity index (χ0v) is 14.3. The van der Waals surface area contributed by atoms with Crippen molar-refractivity contribution in [2.24, 2.45) is 5.73 Å². The first-order valence-corrected chi connectivity index (χ1v) is 8.69. The Balaban J connectivity index is 2.23. The normalized spacial score (nSPS) is 19.2. The van der Waals surface area contributed by atoms with Crippen molar-refractivity contribution in [1.29, 1.82) is 0 Å². The van der Waals surface area contributed by atoms with E-state index in [4.69, 9.17) is 10.5 Å². The van der Waals surface area contributed by atoms with Gasteiger partial charge in [0.15, 0.2) is 0 Å². The van der Waals surface area contributed by atoms with Gasteiger partial charge in [-0.15, -0.1) is 0 Å². The van der Waals surface area contributed by atoms with Crippen LogP contribution in [0.25, 0.3) is 0 Å². The topological polar surface area (TPSA) is 55.5 Å². The Morgan fingerprint density at radius 1 is 1.09 bits per heavy atom. The number of nitrogens with two attached hydrogens (primary N) is 1. The molecular formula is C19H29NO2. The van der Waals surface area contributed by atoms with E-state index in [1.165, 1.54) is 12.0 Å². The maximum absolute atomic E-state index is 10.9. The first kappa shape index (κ1) is 15.7. The van der Waals surface area contributed by atoms with Gasteiger partial charge in [-0.2, -0.15) is 0 Å². The minimum atomic E-state index is 0.0520. The second-order valence-electron chi connectivity index (χ2n) is 7.61. The molecule has 122 valence electrons. The van der Waals surface area contributed by atoms with Gasteiger partial charge < -0.3 is 15.6 Å². The second kappa shape index (κ2) is 5.45. The molecule has 1 spiro atoms. The molecule has 2 aliphatic rings. The van der Waals surface area contributed by atoms with Crippen LogP contribution < -0.4 is 10.5 Å². The van der Waals surface area contributed by atoms with Crippen LogP contribution in [0.1, 0.15) is 87.5 Å². The van der Waals surface area contributed by atoms with Crippen LogP contribution in [0.5, 0.6) is 11.5 Å². The molecule has 0 aromatic heterocycles. The zero-order valence-electron chi connectivity index (χ0n) is 14.3. The van der Waals surface area contributed by atoms with Crippen molar-refractivity contribution < 1.29 is 9.84 Å². The van der Waals surface area contributed by atoms with Gasteiger partial charge in [0.05, 0.1) is 0 Å². The summed E-state index contributed by atoms with van der Waals surface area (Å²) < 4.78 is 6.52. The van der Waals surface area contributed by atoms with Crippen LogP contribution in [0.3, 0.4) is 0 Å². The van der Waals surface area contributed by atoms with Gasteiger partial charge in [-0.25, -0.2) is 0 Å². The number of benzene rings is 1. The summed E-state index contributed by atoms with van der Waals surface area (Å²) in [6.07, 6.45) is 5.65. The number of rotatable bonds is 3. The van der Waals surface area contributed by atoms with Crippen molar-refractivity contribution in [3.05, 3.63) is 22.3 Å². The van der Waals surface area contributed by atoms with E-state index >= 15 is 0 Å². The van der Waals surface area contributed by atoms with E-state index in [0.29, 0.717) is 12.3 Å². The molecule has 1 fully saturated rings. The maximum Gasteiger partial charge on any atom is 0.128 e. The van der Waals surface area contributed by atoms with Crippen LogP contribution in [0.4, 0.5) is 0 Å². The lowest BCUT2D eigenvalue weighted by Gasteiger charge is -2.47. The fourth-order valence-corrected chi connectivity index (χ4v) is 4.22. The molecule has 1 aliphatic carbocycles. The molecular weight excluding hydrogens is 274 g/mol. The first-order chi connectivity index (χ1) is 10.4. The summed E-state index contributed by atoms with van der Waals surface area (Å²) in [5, 5.41) is 10.9. The van der Waals surface area contributed by atoms with Crippen LogP contribution in [0.15, 0.2) is 0 Å². The summed E-state index contributed by atoms with van der Waals surface area (Å²) in [6.45, 7) is 8.96. The molecule has 3 N–H and O–H groups in total. The average molecular weight is 303 g/mol. The van der Waals surface area contributed by atoms with E-state index in [2.05, 4.69) is 27.7 Å². The van der Waals surface area contributed by atoms with Crippen molar-refractivity contribution >= 4 is 0 Å². The van der Waals surface area contributed by atoms with Crippen LogP contribution in [0, 0.1) is 0 Å². The third-order valence-electron chi connectivity index (χ3n) is 5.48. The monoisotopic (exact) mass is 303 g/mol. The van der Waals surface area contributed by atoms with Crippen molar-refractivity contribution in [3.8, 4) is 11.5 Å². The van der Waals surface area contributed by atoms with E-state index in [1.54, 1.807) is 0 Å². The van der Waals surface area contributed by atoms with Gasteiger partial charge in [-0.05, 0) is 43.9 Å². The van der Waals surface area contributed by atoms with E-state index in [1.807, 2.05) is 0 Å². The Morgan fingerprint density at radius 2 is 1.73 bits per heavy atom. The molecule has 0 unspecified atom stereocenters. The largest absolute Gasteiger partial charge is 0.507 e. The van der Waals surface area contributed by atoms with Crippen LogP contribution >= 0.6 is 0 Å². The van der Waals surface area contributed by atoms with Crippen LogP contribution in [-0.2, 0) is 13.0 Å². The Hall–Kier alpha value is -1.22. The summed E-state index contributed by atoms with van der Waals surface area (Å²) in [6, 6.07) is 0. The Morgan fingerprint density at radius 3 is 2.18 bits per heavy atom. The average Bonchev–Trinajstić information content (AvgIpc) is 2.42. The summed E-state index contributed by atoms with van der Waals surface area (Å²) in [5.74, 6) is 1.98. The first-order valence-electron chi connectivity index (χ1n) is 8.69. The number of phenolic OH excluding ortho intramolecular Hbond substituents is 1. The van der Waals surface area contributed by atoms with Gasteiger partial charge in [0.25, 0.3) is 0 Å². The van der Waals surface area contributed by atoms with Crippen molar-refractivity contribution in [1.82, 2.24) is 0 Å². The van der Waals surface area contributed by atoms with Crippen molar-refractivity contribution in [2.45, 2.75) is 83.8 Å². The van der Waals surface area contributed by atoms with Gasteiger partial charge in [0.2, 0.25) is 0 Å². The number of phenols is 1. The third-order valence-corrected chi connectivity index (χ3v) is 5.48. The summed E-state index contributed by atoms with van der Waals surface area (Å²) >= 11 is 0. The molecule has 0 atom stereocenters. The molecule has 1 aromatic rings. The number of ether oxygens (including phenoxy) is 1. The summed E-state index contributed by atoms with van der Waals surface area (Å²) in [4.78, 5) is 0. The highest BCUT2D eigenvalue weighted by atomic mass is 16.5. The van der Waals surface area contributed by atoms with E-state index in [-0.39, 0.29) is 17.4 Å². The molecule has 3 nitrogen and oxygen atoms in total. The Kier molecular flexibility index (Phi) is 3.88. The smallest absolute Gasteiger partial charge is 0.128 e. The standard InChI is InChI=1S/C19H29NO2/c1-11(2)15-13-6-9-19(7-5-8-19)22-18(13)14(10-20)16(12(3)4)17(15)21/h11-12,21H,5-10,20H2,1-4H3. The molecule has 0 saturated heterocycles. The number of fused-ring (bicyclic) bond motifs is 1. The highest BCUT2D eigenvalue weighted by Crippen LogP contribution is 2.52. The molecule has 1 saturated carbocycles. The Labute approximate surface area is 133 Å². The molecule has 3 heteroatoms. The van der Waals surface area contributed by atoms with Gasteiger partial charge in [0, 0.05) is 28.8 Å². The minimum absolute atomic E-state index is 0.0520. The van der Waals surface area contributed by atoms with Gasteiger partial charge in [-0.3, -0.25) is 0 Å². The SMILES string of the molecule is CC(C)c1c(O)c(C(C)C)c2c(c1CN)OC1(CCC1)CC2. The lowest BCUT2D eigenvalue weighted by atomic mass is 9.72. The lowest BCUT2D eigenvalue weighted by Crippen LogP contribution is -2.46. The van der Waals surface area contributed by atoms with Gasteiger partial charge >= 0.3 is 0 Å². The van der Waals surface area contributed by atoms with E-state index in [0.717, 1.165) is 48.1 Å². The zero-order chi connectivity index (χ0) is 16.1.